The Balaban J connectivity index is 1.83. The molecule has 0 bridgehead atoms. The molecule has 1 aliphatic heterocycles. The maximum atomic E-state index is 12.3. The monoisotopic (exact) mass is 306 g/mol. The lowest BCUT2D eigenvalue weighted by molar-refractivity contribution is -0.132. The summed E-state index contributed by atoms with van der Waals surface area (Å²) in [5.74, 6) is 0.569. The number of aryl methyl sites for hydroxylation is 1. The molecule has 22 heavy (non-hydrogen) atoms. The zero-order chi connectivity index (χ0) is 16.2. The summed E-state index contributed by atoms with van der Waals surface area (Å²) in [6, 6.07) is 7.37. The number of nitrogens with zero attached hydrogens (tertiary/aromatic N) is 1. The van der Waals surface area contributed by atoms with E-state index < -0.39 is 5.54 Å². The van der Waals surface area contributed by atoms with Gasteiger partial charge in [0.1, 0.15) is 11.3 Å². The molecule has 0 spiro atoms. The Labute approximate surface area is 130 Å². The Morgan fingerprint density at radius 1 is 1.27 bits per heavy atom. The van der Waals surface area contributed by atoms with Crippen LogP contribution in [-0.4, -0.2) is 49.2 Å². The number of amides is 3. The average Bonchev–Trinajstić information content (AvgIpc) is 2.68. The molecule has 1 saturated heterocycles. The highest BCUT2D eigenvalue weighted by molar-refractivity contribution is 6.06. The van der Waals surface area contributed by atoms with Crippen molar-refractivity contribution in [3.8, 4) is 5.75 Å². The van der Waals surface area contributed by atoms with Crippen molar-refractivity contribution in [2.45, 2.75) is 25.8 Å². The summed E-state index contributed by atoms with van der Waals surface area (Å²) in [6.45, 7) is 4.58. The summed E-state index contributed by atoms with van der Waals surface area (Å²) in [5.41, 5.74) is 0.0908. The van der Waals surface area contributed by atoms with Crippen LogP contribution in [0.25, 0.3) is 0 Å². The average molecular weight is 306 g/mol. The lowest BCUT2D eigenvalue weighted by atomic mass is 10.0. The number of hydrogen-bond acceptors (Lipinski definition) is 4. The number of rotatable bonds is 7. The first kappa shape index (κ1) is 16.3. The molecule has 1 atom stereocenters. The summed E-state index contributed by atoms with van der Waals surface area (Å²) in [5, 5.41) is 2.67. The second kappa shape index (κ2) is 6.79. The predicted molar refractivity (Wildman–Crippen MR) is 81.8 cm³/mol. The Kier molecular flexibility index (Phi) is 5.03. The summed E-state index contributed by atoms with van der Waals surface area (Å²) >= 11 is 0. The molecule has 1 aliphatic rings. The third-order valence-electron chi connectivity index (χ3n) is 3.66. The van der Waals surface area contributed by atoms with Crippen molar-refractivity contribution in [3.63, 3.8) is 0 Å². The number of carbonyl (C=O) groups excluding carboxylic acids is 2. The van der Waals surface area contributed by atoms with Gasteiger partial charge in [-0.25, -0.2) is 4.79 Å². The third kappa shape index (κ3) is 3.39. The van der Waals surface area contributed by atoms with Gasteiger partial charge in [-0.05, 0) is 31.9 Å². The van der Waals surface area contributed by atoms with E-state index in [0.29, 0.717) is 19.6 Å². The van der Waals surface area contributed by atoms with Gasteiger partial charge in [-0.15, -0.1) is 0 Å². The number of carbonyl (C=O) groups is 2. The van der Waals surface area contributed by atoms with E-state index in [2.05, 4.69) is 5.32 Å². The molecule has 0 saturated carbocycles. The standard InChI is InChI=1S/C16H22N2O4/c1-12-7-4-5-8-13(12)22-10-6-9-18-14(19)16(2,11-21-3)17-15(18)20/h4-5,7-8H,6,9-11H2,1-3H3,(H,17,20)/t16-/m1/s1. The minimum atomic E-state index is -0.970. The van der Waals surface area contributed by atoms with Crippen LogP contribution in [0, 0.1) is 6.92 Å². The van der Waals surface area contributed by atoms with Crippen molar-refractivity contribution in [2.24, 2.45) is 0 Å². The van der Waals surface area contributed by atoms with Gasteiger partial charge in [-0.2, -0.15) is 0 Å². The summed E-state index contributed by atoms with van der Waals surface area (Å²) in [4.78, 5) is 25.4. The van der Waals surface area contributed by atoms with Crippen LogP contribution < -0.4 is 10.1 Å². The Hall–Kier alpha value is -2.08. The summed E-state index contributed by atoms with van der Waals surface area (Å²) in [7, 11) is 1.50. The number of hydrogen-bond donors (Lipinski definition) is 1. The number of urea groups is 1. The fourth-order valence-electron chi connectivity index (χ4n) is 2.46. The third-order valence-corrected chi connectivity index (χ3v) is 3.66. The predicted octanol–water partition coefficient (Wildman–Crippen LogP) is 1.72. The van der Waals surface area contributed by atoms with Crippen molar-refractivity contribution < 1.29 is 19.1 Å². The van der Waals surface area contributed by atoms with Gasteiger partial charge in [0.05, 0.1) is 13.2 Å². The molecule has 0 unspecified atom stereocenters. The van der Waals surface area contributed by atoms with Crippen molar-refractivity contribution in [1.82, 2.24) is 10.2 Å². The molecule has 6 nitrogen and oxygen atoms in total. The first-order valence-electron chi connectivity index (χ1n) is 7.29. The highest BCUT2D eigenvalue weighted by Crippen LogP contribution is 2.19. The number of methoxy groups -OCH3 is 1. The van der Waals surface area contributed by atoms with Gasteiger partial charge >= 0.3 is 6.03 Å². The fraction of sp³-hybridized carbons (Fsp3) is 0.500. The molecule has 0 aliphatic carbocycles. The first-order valence-corrected chi connectivity index (χ1v) is 7.29. The Morgan fingerprint density at radius 2 is 2.00 bits per heavy atom. The first-order chi connectivity index (χ1) is 10.5. The van der Waals surface area contributed by atoms with Gasteiger partial charge in [0.2, 0.25) is 0 Å². The molecule has 1 fully saturated rings. The quantitative estimate of drug-likeness (QED) is 0.615. The van der Waals surface area contributed by atoms with Crippen LogP contribution in [0.1, 0.15) is 18.9 Å². The van der Waals surface area contributed by atoms with Crippen molar-refractivity contribution in [3.05, 3.63) is 29.8 Å². The Bertz CT molecular complexity index is 561. The molecule has 2 rings (SSSR count). The molecule has 1 aromatic rings. The second-order valence-corrected chi connectivity index (χ2v) is 5.62. The molecule has 1 aromatic carbocycles. The molecular formula is C16H22N2O4. The smallest absolute Gasteiger partial charge is 0.325 e. The van der Waals surface area contributed by atoms with Crippen LogP contribution in [0.3, 0.4) is 0 Å². The highest BCUT2D eigenvalue weighted by Gasteiger charge is 2.47. The minimum Gasteiger partial charge on any atom is -0.493 e. The number of imide groups is 1. The number of para-hydroxylation sites is 1. The van der Waals surface area contributed by atoms with E-state index in [-0.39, 0.29) is 18.5 Å². The van der Waals surface area contributed by atoms with Crippen molar-refractivity contribution >= 4 is 11.9 Å². The second-order valence-electron chi connectivity index (χ2n) is 5.62. The van der Waals surface area contributed by atoms with E-state index in [1.165, 1.54) is 12.0 Å². The minimum absolute atomic E-state index is 0.160. The maximum Gasteiger partial charge on any atom is 0.325 e. The van der Waals surface area contributed by atoms with E-state index in [0.717, 1.165) is 11.3 Å². The molecule has 0 aromatic heterocycles. The largest absolute Gasteiger partial charge is 0.493 e. The van der Waals surface area contributed by atoms with Crippen LogP contribution in [0.5, 0.6) is 5.75 Å². The van der Waals surface area contributed by atoms with Crippen LogP contribution in [0.15, 0.2) is 24.3 Å². The van der Waals surface area contributed by atoms with E-state index in [1.807, 2.05) is 31.2 Å². The van der Waals surface area contributed by atoms with Crippen molar-refractivity contribution in [1.29, 1.82) is 0 Å². The lowest BCUT2D eigenvalue weighted by Gasteiger charge is -2.20. The molecule has 120 valence electrons. The van der Waals surface area contributed by atoms with Gasteiger partial charge in [0, 0.05) is 13.7 Å². The molecule has 6 heteroatoms. The summed E-state index contributed by atoms with van der Waals surface area (Å²) < 4.78 is 10.7. The zero-order valence-corrected chi connectivity index (χ0v) is 13.2. The van der Waals surface area contributed by atoms with Crippen LogP contribution in [-0.2, 0) is 9.53 Å². The SMILES string of the molecule is COC[C@@]1(C)NC(=O)N(CCCOc2ccccc2C)C1=O. The Morgan fingerprint density at radius 3 is 2.68 bits per heavy atom. The number of ether oxygens (including phenoxy) is 2. The van der Waals surface area contributed by atoms with E-state index in [1.54, 1.807) is 6.92 Å². The van der Waals surface area contributed by atoms with E-state index in [9.17, 15) is 9.59 Å². The molecule has 1 N–H and O–H groups in total. The molecule has 1 heterocycles. The maximum absolute atomic E-state index is 12.3. The zero-order valence-electron chi connectivity index (χ0n) is 13.2. The van der Waals surface area contributed by atoms with Gasteiger partial charge in [0.25, 0.3) is 5.91 Å². The fourth-order valence-corrected chi connectivity index (χ4v) is 2.46. The van der Waals surface area contributed by atoms with Crippen LogP contribution >= 0.6 is 0 Å². The number of nitrogens with one attached hydrogen (secondary N) is 1. The van der Waals surface area contributed by atoms with Gasteiger partial charge in [0.15, 0.2) is 0 Å². The molecule has 3 amide bonds. The van der Waals surface area contributed by atoms with Crippen molar-refractivity contribution in [2.75, 3.05) is 26.9 Å². The normalized spacial score (nSPS) is 21.1. The molecular weight excluding hydrogens is 284 g/mol. The van der Waals surface area contributed by atoms with Gasteiger partial charge in [-0.1, -0.05) is 18.2 Å². The van der Waals surface area contributed by atoms with E-state index >= 15 is 0 Å². The van der Waals surface area contributed by atoms with Gasteiger partial charge < -0.3 is 14.8 Å². The van der Waals surface area contributed by atoms with Crippen LogP contribution in [0.2, 0.25) is 0 Å². The number of benzene rings is 1. The van der Waals surface area contributed by atoms with E-state index in [4.69, 9.17) is 9.47 Å². The van der Waals surface area contributed by atoms with Crippen LogP contribution in [0.4, 0.5) is 4.79 Å². The molecule has 0 radical (unpaired) electrons. The summed E-state index contributed by atoms with van der Waals surface area (Å²) in [6.07, 6.45) is 0.580. The lowest BCUT2D eigenvalue weighted by Crippen LogP contribution is -2.48. The van der Waals surface area contributed by atoms with Gasteiger partial charge in [-0.3, -0.25) is 9.69 Å². The topological polar surface area (TPSA) is 67.9 Å². The highest BCUT2D eigenvalue weighted by atomic mass is 16.5.